The first-order chi connectivity index (χ1) is 8.44. The Morgan fingerprint density at radius 3 is 1.89 bits per heavy atom. The molecule has 0 fully saturated rings. The van der Waals surface area contributed by atoms with E-state index in [-0.39, 0.29) is 0 Å². The molecule has 0 heteroatoms. The van der Waals surface area contributed by atoms with Crippen molar-refractivity contribution in [2.75, 3.05) is 0 Å². The predicted molar refractivity (Wildman–Crippen MR) is 85.0 cm³/mol. The zero-order chi connectivity index (χ0) is 14.0. The summed E-state index contributed by atoms with van der Waals surface area (Å²) in [4.78, 5) is 0. The first kappa shape index (κ1) is 18.0. The lowest BCUT2D eigenvalue weighted by molar-refractivity contribution is 0.148. The van der Waals surface area contributed by atoms with Crippen molar-refractivity contribution in [1.29, 1.82) is 0 Å². The second-order valence-corrected chi connectivity index (χ2v) is 7.27. The summed E-state index contributed by atoms with van der Waals surface area (Å²) in [6.07, 6.45) is 12.7. The highest BCUT2D eigenvalue weighted by atomic mass is 14.3. The molecule has 0 nitrogen and oxygen atoms in total. The van der Waals surface area contributed by atoms with Gasteiger partial charge in [0.25, 0.3) is 0 Å². The van der Waals surface area contributed by atoms with E-state index in [1.54, 1.807) is 0 Å². The fourth-order valence-electron chi connectivity index (χ4n) is 3.07. The van der Waals surface area contributed by atoms with E-state index in [1.165, 1.54) is 57.8 Å². The van der Waals surface area contributed by atoms with Crippen LogP contribution in [0.25, 0.3) is 0 Å². The van der Waals surface area contributed by atoms with Crippen LogP contribution in [0.2, 0.25) is 0 Å². The summed E-state index contributed by atoms with van der Waals surface area (Å²) >= 11 is 0. The highest BCUT2D eigenvalue weighted by Gasteiger charge is 2.28. The van der Waals surface area contributed by atoms with Crippen molar-refractivity contribution in [3.05, 3.63) is 0 Å². The van der Waals surface area contributed by atoms with Gasteiger partial charge in [-0.2, -0.15) is 0 Å². The number of unbranched alkanes of at least 4 members (excludes halogenated alkanes) is 4. The Balaban J connectivity index is 4.29. The highest BCUT2D eigenvalue weighted by Crippen LogP contribution is 2.39. The number of hydrogen-bond donors (Lipinski definition) is 0. The molecule has 0 saturated carbocycles. The van der Waals surface area contributed by atoms with Gasteiger partial charge in [-0.25, -0.2) is 0 Å². The molecular weight excluding hydrogens is 216 g/mol. The zero-order valence-electron chi connectivity index (χ0n) is 14.0. The molecule has 0 rings (SSSR count). The van der Waals surface area contributed by atoms with Gasteiger partial charge in [-0.05, 0) is 36.5 Å². The highest BCUT2D eigenvalue weighted by molar-refractivity contribution is 4.79. The van der Waals surface area contributed by atoms with Crippen LogP contribution in [-0.2, 0) is 0 Å². The smallest absolute Gasteiger partial charge is 0.0326 e. The van der Waals surface area contributed by atoms with Crippen LogP contribution in [0.5, 0.6) is 0 Å². The lowest BCUT2D eigenvalue weighted by Crippen LogP contribution is -2.25. The molecule has 0 aliphatic heterocycles. The van der Waals surface area contributed by atoms with Gasteiger partial charge in [-0.3, -0.25) is 0 Å². The Kier molecular flexibility index (Phi) is 9.87. The topological polar surface area (TPSA) is 0 Å². The van der Waals surface area contributed by atoms with E-state index in [0.29, 0.717) is 5.41 Å². The minimum absolute atomic E-state index is 0.549. The van der Waals surface area contributed by atoms with Gasteiger partial charge in [0.15, 0.2) is 0 Å². The van der Waals surface area contributed by atoms with Crippen molar-refractivity contribution < 1.29 is 0 Å². The van der Waals surface area contributed by atoms with E-state index >= 15 is 0 Å². The second-order valence-electron chi connectivity index (χ2n) is 7.27. The molecule has 110 valence electrons. The van der Waals surface area contributed by atoms with Crippen molar-refractivity contribution in [2.24, 2.45) is 17.3 Å². The summed E-state index contributed by atoms with van der Waals surface area (Å²) in [5.74, 6) is 1.78. The van der Waals surface area contributed by atoms with Gasteiger partial charge in [-0.15, -0.1) is 0 Å². The summed E-state index contributed by atoms with van der Waals surface area (Å²) in [5.41, 5.74) is 0.549. The lowest BCUT2D eigenvalue weighted by atomic mass is 9.69. The monoisotopic (exact) mass is 254 g/mol. The van der Waals surface area contributed by atoms with Crippen molar-refractivity contribution in [3.63, 3.8) is 0 Å². The van der Waals surface area contributed by atoms with Crippen molar-refractivity contribution in [1.82, 2.24) is 0 Å². The van der Waals surface area contributed by atoms with Crippen LogP contribution >= 0.6 is 0 Å². The van der Waals surface area contributed by atoms with E-state index in [0.717, 1.165) is 11.8 Å². The molecule has 0 spiro atoms. The third-order valence-electron chi connectivity index (χ3n) is 4.44. The fraction of sp³-hybridized carbons (Fsp3) is 1.00. The minimum atomic E-state index is 0.549. The van der Waals surface area contributed by atoms with E-state index in [4.69, 9.17) is 0 Å². The standard InChI is InChI=1S/C18H38/c1-7-9-11-13-17(15-16(3)4)18(5,6)14-12-10-8-2/h16-17H,7-15H2,1-6H3. The Bertz CT molecular complexity index is 178. The maximum Gasteiger partial charge on any atom is -0.0326 e. The third kappa shape index (κ3) is 8.16. The maximum absolute atomic E-state index is 2.52. The molecular formula is C18H38. The molecule has 0 aliphatic carbocycles. The molecule has 0 bridgehead atoms. The van der Waals surface area contributed by atoms with Crippen molar-refractivity contribution >= 4 is 0 Å². The SMILES string of the molecule is CCCCCC(CC(C)C)C(C)(C)CCCCC. The molecule has 0 N–H and O–H groups in total. The van der Waals surface area contributed by atoms with E-state index in [9.17, 15) is 0 Å². The van der Waals surface area contributed by atoms with Crippen LogP contribution in [-0.4, -0.2) is 0 Å². The van der Waals surface area contributed by atoms with Crippen molar-refractivity contribution in [2.45, 2.75) is 99.3 Å². The van der Waals surface area contributed by atoms with Gasteiger partial charge < -0.3 is 0 Å². The fourth-order valence-corrected chi connectivity index (χ4v) is 3.07. The molecule has 1 atom stereocenters. The zero-order valence-corrected chi connectivity index (χ0v) is 14.0. The predicted octanol–water partition coefficient (Wildman–Crippen LogP) is 6.84. The molecule has 0 amide bonds. The van der Waals surface area contributed by atoms with Crippen LogP contribution in [0.4, 0.5) is 0 Å². The van der Waals surface area contributed by atoms with Gasteiger partial charge in [0.05, 0.1) is 0 Å². The maximum atomic E-state index is 2.52. The van der Waals surface area contributed by atoms with Crippen LogP contribution < -0.4 is 0 Å². The van der Waals surface area contributed by atoms with E-state index < -0.39 is 0 Å². The van der Waals surface area contributed by atoms with Gasteiger partial charge >= 0.3 is 0 Å². The van der Waals surface area contributed by atoms with E-state index in [2.05, 4.69) is 41.5 Å². The molecule has 0 saturated heterocycles. The summed E-state index contributed by atoms with van der Waals surface area (Å²) in [7, 11) is 0. The lowest BCUT2D eigenvalue weighted by Gasteiger charge is -2.36. The Morgan fingerprint density at radius 1 is 0.833 bits per heavy atom. The summed E-state index contributed by atoms with van der Waals surface area (Å²) in [5, 5.41) is 0. The van der Waals surface area contributed by atoms with Gasteiger partial charge in [-0.1, -0.05) is 80.1 Å². The average molecular weight is 255 g/mol. The molecule has 0 aromatic rings. The molecule has 1 unspecified atom stereocenters. The normalized spacial score (nSPS) is 14.2. The number of rotatable bonds is 11. The van der Waals surface area contributed by atoms with Gasteiger partial charge in [0, 0.05) is 0 Å². The van der Waals surface area contributed by atoms with E-state index in [1.807, 2.05) is 0 Å². The minimum Gasteiger partial charge on any atom is -0.0654 e. The van der Waals surface area contributed by atoms with Crippen LogP contribution in [0.3, 0.4) is 0 Å². The summed E-state index contributed by atoms with van der Waals surface area (Å²) in [6, 6.07) is 0. The van der Waals surface area contributed by atoms with Crippen LogP contribution in [0.1, 0.15) is 99.3 Å². The summed E-state index contributed by atoms with van der Waals surface area (Å²) < 4.78 is 0. The first-order valence-electron chi connectivity index (χ1n) is 8.44. The molecule has 0 radical (unpaired) electrons. The molecule has 0 aromatic heterocycles. The Hall–Kier alpha value is 0. The molecule has 0 aromatic carbocycles. The number of hydrogen-bond acceptors (Lipinski definition) is 0. The summed E-state index contributed by atoms with van der Waals surface area (Å²) in [6.45, 7) is 14.4. The first-order valence-corrected chi connectivity index (χ1v) is 8.44. The largest absolute Gasteiger partial charge is 0.0654 e. The van der Waals surface area contributed by atoms with Gasteiger partial charge in [0.1, 0.15) is 0 Å². The van der Waals surface area contributed by atoms with Crippen LogP contribution in [0, 0.1) is 17.3 Å². The second kappa shape index (κ2) is 9.87. The van der Waals surface area contributed by atoms with Crippen molar-refractivity contribution in [3.8, 4) is 0 Å². The quantitative estimate of drug-likeness (QED) is 0.354. The van der Waals surface area contributed by atoms with Crippen LogP contribution in [0.15, 0.2) is 0 Å². The average Bonchev–Trinajstić information content (AvgIpc) is 2.27. The van der Waals surface area contributed by atoms with Gasteiger partial charge in [0.2, 0.25) is 0 Å². The molecule has 18 heavy (non-hydrogen) atoms. The third-order valence-corrected chi connectivity index (χ3v) is 4.44. The Labute approximate surface area is 117 Å². The molecule has 0 aliphatic rings. The molecule has 0 heterocycles. The Morgan fingerprint density at radius 2 is 1.39 bits per heavy atom.